The van der Waals surface area contributed by atoms with Crippen molar-refractivity contribution in [2.75, 3.05) is 0 Å². The van der Waals surface area contributed by atoms with Crippen LogP contribution in [0.4, 0.5) is 0 Å². The molecule has 3 nitrogen and oxygen atoms in total. The van der Waals surface area contributed by atoms with E-state index in [2.05, 4.69) is 18.2 Å². The highest BCUT2D eigenvalue weighted by atomic mass is 16.3. The molecule has 3 heteroatoms. The molecule has 2 aliphatic rings. The molecule has 2 aliphatic carbocycles. The SMILES string of the molecule is Oc1ccc(C=C2CCCc3cc4c(nc32)C(=Cc2ccc(O)cc2)CCC4)cc1. The lowest BCUT2D eigenvalue weighted by atomic mass is 9.84. The number of hydrogen-bond donors (Lipinski definition) is 2. The number of phenolic OH excluding ortho intramolecular Hbond substituents is 2. The van der Waals surface area contributed by atoms with Crippen molar-refractivity contribution in [2.45, 2.75) is 38.5 Å². The Morgan fingerprint density at radius 2 is 1.03 bits per heavy atom. The van der Waals surface area contributed by atoms with Gasteiger partial charge in [-0.15, -0.1) is 0 Å². The minimum absolute atomic E-state index is 0.289. The van der Waals surface area contributed by atoms with E-state index >= 15 is 0 Å². The number of nitrogens with zero attached hydrogens (tertiary/aromatic N) is 1. The second kappa shape index (κ2) is 7.83. The molecule has 2 aromatic carbocycles. The molecule has 0 atom stereocenters. The van der Waals surface area contributed by atoms with E-state index in [1.165, 1.54) is 22.3 Å². The molecule has 0 amide bonds. The summed E-state index contributed by atoms with van der Waals surface area (Å²) < 4.78 is 0. The number of aryl methyl sites for hydroxylation is 2. The minimum atomic E-state index is 0.289. The van der Waals surface area contributed by atoms with Crippen molar-refractivity contribution in [1.29, 1.82) is 0 Å². The Balaban J connectivity index is 1.57. The average Bonchev–Trinajstić information content (AvgIpc) is 2.76. The fraction of sp³-hybridized carbons (Fsp3) is 0.222. The first-order valence-corrected chi connectivity index (χ1v) is 10.7. The number of hydrogen-bond acceptors (Lipinski definition) is 3. The van der Waals surface area contributed by atoms with Gasteiger partial charge in [-0.2, -0.15) is 0 Å². The van der Waals surface area contributed by atoms with Gasteiger partial charge in [-0.25, -0.2) is 4.98 Å². The number of fused-ring (bicyclic) bond motifs is 2. The van der Waals surface area contributed by atoms with Gasteiger partial charge in [0.1, 0.15) is 11.5 Å². The maximum absolute atomic E-state index is 9.57. The van der Waals surface area contributed by atoms with Crippen LogP contribution in [0.15, 0.2) is 54.6 Å². The van der Waals surface area contributed by atoms with Crippen molar-refractivity contribution < 1.29 is 10.2 Å². The molecule has 1 heterocycles. The van der Waals surface area contributed by atoms with E-state index in [0.29, 0.717) is 0 Å². The normalized spacial score (nSPS) is 18.3. The summed E-state index contributed by atoms with van der Waals surface area (Å²) in [5.74, 6) is 0.579. The predicted molar refractivity (Wildman–Crippen MR) is 122 cm³/mol. The molecule has 0 unspecified atom stereocenters. The van der Waals surface area contributed by atoms with Crippen LogP contribution in [0.2, 0.25) is 0 Å². The summed E-state index contributed by atoms with van der Waals surface area (Å²) in [5, 5.41) is 19.1. The molecular formula is C27H25NO2. The van der Waals surface area contributed by atoms with Gasteiger partial charge in [-0.05, 0) is 108 Å². The zero-order chi connectivity index (χ0) is 20.5. The van der Waals surface area contributed by atoms with E-state index in [9.17, 15) is 10.2 Å². The summed E-state index contributed by atoms with van der Waals surface area (Å²) >= 11 is 0. The number of allylic oxidation sites excluding steroid dienone is 2. The highest BCUT2D eigenvalue weighted by Crippen LogP contribution is 2.37. The monoisotopic (exact) mass is 395 g/mol. The third-order valence-corrected chi connectivity index (χ3v) is 6.04. The van der Waals surface area contributed by atoms with Gasteiger partial charge in [0, 0.05) is 0 Å². The maximum Gasteiger partial charge on any atom is 0.115 e. The average molecular weight is 396 g/mol. The Morgan fingerprint density at radius 1 is 0.600 bits per heavy atom. The van der Waals surface area contributed by atoms with Gasteiger partial charge in [0.15, 0.2) is 0 Å². The van der Waals surface area contributed by atoms with Gasteiger partial charge in [0.2, 0.25) is 0 Å². The molecular weight excluding hydrogens is 370 g/mol. The molecule has 0 aliphatic heterocycles. The summed E-state index contributed by atoms with van der Waals surface area (Å²) in [5.41, 5.74) is 9.72. The molecule has 0 saturated carbocycles. The molecule has 1 aromatic heterocycles. The highest BCUT2D eigenvalue weighted by molar-refractivity contribution is 5.86. The summed E-state index contributed by atoms with van der Waals surface area (Å²) in [7, 11) is 0. The van der Waals surface area contributed by atoms with Crippen LogP contribution in [-0.2, 0) is 12.8 Å². The number of aromatic nitrogens is 1. The molecule has 30 heavy (non-hydrogen) atoms. The second-order valence-corrected chi connectivity index (χ2v) is 8.23. The topological polar surface area (TPSA) is 53.4 Å². The van der Waals surface area contributed by atoms with Crippen LogP contribution >= 0.6 is 0 Å². The molecule has 0 spiro atoms. The summed E-state index contributed by atoms with van der Waals surface area (Å²) in [6.07, 6.45) is 10.9. The maximum atomic E-state index is 9.57. The predicted octanol–water partition coefficient (Wildman–Crippen LogP) is 6.25. The number of pyridine rings is 1. The van der Waals surface area contributed by atoms with Gasteiger partial charge >= 0.3 is 0 Å². The van der Waals surface area contributed by atoms with Crippen molar-refractivity contribution in [1.82, 2.24) is 4.98 Å². The lowest BCUT2D eigenvalue weighted by Crippen LogP contribution is -2.12. The number of benzene rings is 2. The number of phenols is 2. The molecule has 150 valence electrons. The molecule has 0 radical (unpaired) electrons. The van der Waals surface area contributed by atoms with E-state index < -0.39 is 0 Å². The summed E-state index contributed by atoms with van der Waals surface area (Å²) in [4.78, 5) is 5.21. The van der Waals surface area contributed by atoms with Crippen LogP contribution in [0.5, 0.6) is 11.5 Å². The third kappa shape index (κ3) is 3.76. The van der Waals surface area contributed by atoms with Crippen LogP contribution in [0.1, 0.15) is 59.3 Å². The summed E-state index contributed by atoms with van der Waals surface area (Å²) in [6.45, 7) is 0. The highest BCUT2D eigenvalue weighted by Gasteiger charge is 2.22. The first kappa shape index (κ1) is 18.7. The van der Waals surface area contributed by atoms with Crippen LogP contribution in [0.3, 0.4) is 0 Å². The van der Waals surface area contributed by atoms with Crippen LogP contribution in [0.25, 0.3) is 23.3 Å². The van der Waals surface area contributed by atoms with Crippen molar-refractivity contribution >= 4 is 23.3 Å². The first-order chi connectivity index (χ1) is 14.7. The zero-order valence-corrected chi connectivity index (χ0v) is 16.9. The Labute approximate surface area is 177 Å². The summed E-state index contributed by atoms with van der Waals surface area (Å²) in [6, 6.07) is 17.1. The molecule has 0 fully saturated rings. The van der Waals surface area contributed by atoms with Crippen molar-refractivity contribution in [2.24, 2.45) is 0 Å². The third-order valence-electron chi connectivity index (χ3n) is 6.04. The van der Waals surface area contributed by atoms with Crippen molar-refractivity contribution in [3.8, 4) is 11.5 Å². The standard InChI is InChI=1S/C27H25NO2/c29-24-11-7-18(8-12-24)15-20-3-1-5-22-17-23-6-2-4-21(27(23)28-26(20)22)16-19-9-13-25(30)14-10-19/h7-17,29-30H,1-6H2. The van der Waals surface area contributed by atoms with E-state index in [1.807, 2.05) is 24.3 Å². The molecule has 5 rings (SSSR count). The zero-order valence-electron chi connectivity index (χ0n) is 16.9. The lowest BCUT2D eigenvalue weighted by Gasteiger charge is -2.25. The lowest BCUT2D eigenvalue weighted by molar-refractivity contribution is 0.474. The Bertz CT molecular complexity index is 1050. The smallest absolute Gasteiger partial charge is 0.115 e. The van der Waals surface area contributed by atoms with Crippen LogP contribution < -0.4 is 0 Å². The molecule has 3 aromatic rings. The van der Waals surface area contributed by atoms with Gasteiger partial charge in [-0.3, -0.25) is 0 Å². The van der Waals surface area contributed by atoms with E-state index in [1.54, 1.807) is 24.3 Å². The van der Waals surface area contributed by atoms with E-state index in [-0.39, 0.29) is 11.5 Å². The van der Waals surface area contributed by atoms with Gasteiger partial charge in [0.25, 0.3) is 0 Å². The van der Waals surface area contributed by atoms with Crippen molar-refractivity contribution in [3.63, 3.8) is 0 Å². The second-order valence-electron chi connectivity index (χ2n) is 8.23. The quantitative estimate of drug-likeness (QED) is 0.539. The Morgan fingerprint density at radius 3 is 1.47 bits per heavy atom. The van der Waals surface area contributed by atoms with Gasteiger partial charge in [-0.1, -0.05) is 30.3 Å². The minimum Gasteiger partial charge on any atom is -0.508 e. The number of rotatable bonds is 2. The fourth-order valence-corrected chi connectivity index (χ4v) is 4.54. The van der Waals surface area contributed by atoms with Crippen molar-refractivity contribution in [3.05, 3.63) is 88.2 Å². The largest absolute Gasteiger partial charge is 0.508 e. The molecule has 2 N–H and O–H groups in total. The van der Waals surface area contributed by atoms with Gasteiger partial charge in [0.05, 0.1) is 11.4 Å². The first-order valence-electron chi connectivity index (χ1n) is 10.7. The Kier molecular flexibility index (Phi) is 4.88. The van der Waals surface area contributed by atoms with Crippen LogP contribution in [0, 0.1) is 0 Å². The van der Waals surface area contributed by atoms with E-state index in [4.69, 9.17) is 4.98 Å². The fourth-order valence-electron chi connectivity index (χ4n) is 4.54. The Hall–Kier alpha value is -3.33. The molecule has 0 saturated heterocycles. The van der Waals surface area contributed by atoms with Crippen LogP contribution in [-0.4, -0.2) is 15.2 Å². The number of aromatic hydroxyl groups is 2. The van der Waals surface area contributed by atoms with E-state index in [0.717, 1.165) is 61.0 Å². The van der Waals surface area contributed by atoms with Gasteiger partial charge < -0.3 is 10.2 Å². The molecule has 0 bridgehead atoms.